The normalized spacial score (nSPS) is 41.0. The molecular weight excluding hydrogens is 180 g/mol. The van der Waals surface area contributed by atoms with Crippen molar-refractivity contribution in [2.24, 2.45) is 5.92 Å². The third-order valence-corrected chi connectivity index (χ3v) is 2.62. The molecule has 0 radical (unpaired) electrons. The molecule has 0 heterocycles. The standard InChI is InChI=1S/C7H13BrO/c1-2-6-5-7(6,9)3-4-8/h6,9H,2-5H2,1H3. The third kappa shape index (κ3) is 1.47. The molecule has 2 heteroatoms. The molecule has 0 aliphatic heterocycles. The molecule has 54 valence electrons. The Morgan fingerprint density at radius 3 is 2.78 bits per heavy atom. The monoisotopic (exact) mass is 192 g/mol. The highest BCUT2D eigenvalue weighted by Crippen LogP contribution is 2.48. The van der Waals surface area contributed by atoms with Gasteiger partial charge in [0, 0.05) is 5.33 Å². The average Bonchev–Trinajstić information content (AvgIpc) is 2.43. The summed E-state index contributed by atoms with van der Waals surface area (Å²) in [6, 6.07) is 0. The molecule has 0 saturated heterocycles. The number of hydrogen-bond donors (Lipinski definition) is 1. The van der Waals surface area contributed by atoms with E-state index in [0.29, 0.717) is 5.92 Å². The van der Waals surface area contributed by atoms with Crippen LogP contribution in [0.3, 0.4) is 0 Å². The smallest absolute Gasteiger partial charge is 0.0688 e. The second kappa shape index (κ2) is 2.59. The van der Waals surface area contributed by atoms with Crippen molar-refractivity contribution in [2.75, 3.05) is 5.33 Å². The number of rotatable bonds is 3. The fraction of sp³-hybridized carbons (Fsp3) is 1.00. The summed E-state index contributed by atoms with van der Waals surface area (Å²) in [6.07, 6.45) is 3.07. The van der Waals surface area contributed by atoms with Crippen LogP contribution in [-0.2, 0) is 0 Å². The van der Waals surface area contributed by atoms with Gasteiger partial charge in [-0.1, -0.05) is 29.3 Å². The molecule has 0 bridgehead atoms. The fourth-order valence-corrected chi connectivity index (χ4v) is 2.05. The van der Waals surface area contributed by atoms with Gasteiger partial charge in [-0.05, 0) is 18.8 Å². The Kier molecular flexibility index (Phi) is 2.17. The Balaban J connectivity index is 2.25. The van der Waals surface area contributed by atoms with Gasteiger partial charge in [-0.3, -0.25) is 0 Å². The maximum atomic E-state index is 9.56. The molecule has 1 rings (SSSR count). The Morgan fingerprint density at radius 1 is 1.78 bits per heavy atom. The van der Waals surface area contributed by atoms with Crippen LogP contribution in [0.25, 0.3) is 0 Å². The molecule has 2 atom stereocenters. The van der Waals surface area contributed by atoms with Crippen LogP contribution in [0.1, 0.15) is 26.2 Å². The van der Waals surface area contributed by atoms with E-state index >= 15 is 0 Å². The van der Waals surface area contributed by atoms with Crippen molar-refractivity contribution in [1.29, 1.82) is 0 Å². The first-order valence-corrected chi connectivity index (χ1v) is 4.63. The van der Waals surface area contributed by atoms with Gasteiger partial charge in [-0.2, -0.15) is 0 Å². The maximum absolute atomic E-state index is 9.56. The fourth-order valence-electron chi connectivity index (χ4n) is 1.36. The van der Waals surface area contributed by atoms with Crippen LogP contribution in [0.2, 0.25) is 0 Å². The second-order valence-corrected chi connectivity index (χ2v) is 3.64. The molecule has 2 unspecified atom stereocenters. The van der Waals surface area contributed by atoms with E-state index in [1.165, 1.54) is 0 Å². The van der Waals surface area contributed by atoms with Gasteiger partial charge in [0.2, 0.25) is 0 Å². The molecule has 0 aromatic carbocycles. The van der Waals surface area contributed by atoms with E-state index in [9.17, 15) is 5.11 Å². The molecule has 1 aliphatic rings. The third-order valence-electron chi connectivity index (χ3n) is 2.22. The highest BCUT2D eigenvalue weighted by Gasteiger charge is 2.50. The maximum Gasteiger partial charge on any atom is 0.0688 e. The molecular formula is C7H13BrO. The largest absolute Gasteiger partial charge is 0.390 e. The number of hydrogen-bond acceptors (Lipinski definition) is 1. The Hall–Kier alpha value is 0.440. The minimum absolute atomic E-state index is 0.280. The van der Waals surface area contributed by atoms with Gasteiger partial charge in [-0.15, -0.1) is 0 Å². The predicted octanol–water partition coefficient (Wildman–Crippen LogP) is 1.93. The lowest BCUT2D eigenvalue weighted by Crippen LogP contribution is -2.10. The summed E-state index contributed by atoms with van der Waals surface area (Å²) in [5.41, 5.74) is -0.280. The van der Waals surface area contributed by atoms with E-state index in [-0.39, 0.29) is 5.60 Å². The quantitative estimate of drug-likeness (QED) is 0.679. The lowest BCUT2D eigenvalue weighted by atomic mass is 10.2. The summed E-state index contributed by atoms with van der Waals surface area (Å²) in [5.74, 6) is 0.593. The first-order chi connectivity index (χ1) is 4.23. The topological polar surface area (TPSA) is 20.2 Å². The zero-order valence-corrected chi connectivity index (χ0v) is 7.32. The van der Waals surface area contributed by atoms with Crippen molar-refractivity contribution >= 4 is 15.9 Å². The van der Waals surface area contributed by atoms with Crippen LogP contribution in [0, 0.1) is 5.92 Å². The van der Waals surface area contributed by atoms with Crippen LogP contribution >= 0.6 is 15.9 Å². The van der Waals surface area contributed by atoms with Gasteiger partial charge in [0.25, 0.3) is 0 Å². The Morgan fingerprint density at radius 2 is 2.44 bits per heavy atom. The molecule has 0 aromatic heterocycles. The van der Waals surface area contributed by atoms with Gasteiger partial charge in [0.1, 0.15) is 0 Å². The van der Waals surface area contributed by atoms with E-state index in [1.807, 2.05) is 0 Å². The summed E-state index contributed by atoms with van der Waals surface area (Å²) in [6.45, 7) is 2.14. The van der Waals surface area contributed by atoms with Crippen LogP contribution in [0.4, 0.5) is 0 Å². The summed E-state index contributed by atoms with van der Waals surface area (Å²) >= 11 is 3.32. The first kappa shape index (κ1) is 7.55. The Labute approximate surface area is 64.6 Å². The summed E-state index contributed by atoms with van der Waals surface area (Å²) in [4.78, 5) is 0. The zero-order chi connectivity index (χ0) is 6.91. The van der Waals surface area contributed by atoms with Crippen LogP contribution in [0.5, 0.6) is 0 Å². The summed E-state index contributed by atoms with van der Waals surface area (Å²) in [5, 5.41) is 10.5. The SMILES string of the molecule is CCC1CC1(O)CCBr. The van der Waals surface area contributed by atoms with E-state index in [4.69, 9.17) is 0 Å². The van der Waals surface area contributed by atoms with Crippen molar-refractivity contribution < 1.29 is 5.11 Å². The van der Waals surface area contributed by atoms with Crippen molar-refractivity contribution in [3.63, 3.8) is 0 Å². The van der Waals surface area contributed by atoms with Crippen LogP contribution in [-0.4, -0.2) is 16.0 Å². The number of aliphatic hydroxyl groups is 1. The van der Waals surface area contributed by atoms with Gasteiger partial charge >= 0.3 is 0 Å². The van der Waals surface area contributed by atoms with E-state index in [1.54, 1.807) is 0 Å². The zero-order valence-electron chi connectivity index (χ0n) is 5.73. The first-order valence-electron chi connectivity index (χ1n) is 3.51. The summed E-state index contributed by atoms with van der Waals surface area (Å²) in [7, 11) is 0. The minimum Gasteiger partial charge on any atom is -0.390 e. The second-order valence-electron chi connectivity index (χ2n) is 2.85. The molecule has 1 fully saturated rings. The Bertz CT molecular complexity index is 105. The number of alkyl halides is 1. The van der Waals surface area contributed by atoms with Crippen molar-refractivity contribution in [3.8, 4) is 0 Å². The van der Waals surface area contributed by atoms with Crippen LogP contribution < -0.4 is 0 Å². The van der Waals surface area contributed by atoms with Gasteiger partial charge in [0.05, 0.1) is 5.60 Å². The lowest BCUT2D eigenvalue weighted by Gasteiger charge is -2.04. The van der Waals surface area contributed by atoms with E-state index in [0.717, 1.165) is 24.6 Å². The number of halogens is 1. The highest BCUT2D eigenvalue weighted by molar-refractivity contribution is 9.09. The molecule has 0 amide bonds. The molecule has 1 saturated carbocycles. The minimum atomic E-state index is -0.280. The molecule has 1 nitrogen and oxygen atoms in total. The molecule has 1 N–H and O–H groups in total. The predicted molar refractivity (Wildman–Crippen MR) is 41.8 cm³/mol. The van der Waals surface area contributed by atoms with E-state index < -0.39 is 0 Å². The average molecular weight is 193 g/mol. The van der Waals surface area contributed by atoms with Gasteiger partial charge in [-0.25, -0.2) is 0 Å². The molecule has 1 aliphatic carbocycles. The molecule has 0 aromatic rings. The lowest BCUT2D eigenvalue weighted by molar-refractivity contribution is 0.127. The van der Waals surface area contributed by atoms with E-state index in [2.05, 4.69) is 22.9 Å². The van der Waals surface area contributed by atoms with Crippen LogP contribution in [0.15, 0.2) is 0 Å². The van der Waals surface area contributed by atoms with Crippen molar-refractivity contribution in [3.05, 3.63) is 0 Å². The van der Waals surface area contributed by atoms with Crippen molar-refractivity contribution in [2.45, 2.75) is 31.8 Å². The van der Waals surface area contributed by atoms with Crippen molar-refractivity contribution in [1.82, 2.24) is 0 Å². The molecule has 0 spiro atoms. The highest BCUT2D eigenvalue weighted by atomic mass is 79.9. The molecule has 9 heavy (non-hydrogen) atoms. The van der Waals surface area contributed by atoms with Gasteiger partial charge < -0.3 is 5.11 Å². The summed E-state index contributed by atoms with van der Waals surface area (Å²) < 4.78 is 0. The van der Waals surface area contributed by atoms with Gasteiger partial charge in [0.15, 0.2) is 0 Å².